The number of anilines is 2. The number of aryl methyl sites for hydroxylation is 1. The van der Waals surface area contributed by atoms with Crippen molar-refractivity contribution in [2.75, 3.05) is 17.7 Å². The molecule has 0 bridgehead atoms. The molecule has 2 N–H and O–H groups in total. The van der Waals surface area contributed by atoms with E-state index in [-0.39, 0.29) is 5.91 Å². The zero-order chi connectivity index (χ0) is 14.7. The summed E-state index contributed by atoms with van der Waals surface area (Å²) in [5.74, 6) is -0.134. The molecule has 0 spiro atoms. The Morgan fingerprint density at radius 1 is 1.20 bits per heavy atom. The molecule has 2 aromatic rings. The second kappa shape index (κ2) is 5.45. The van der Waals surface area contributed by atoms with Crippen LogP contribution in [0.3, 0.4) is 0 Å². The molecule has 0 saturated heterocycles. The normalized spacial score (nSPS) is 9.85. The van der Waals surface area contributed by atoms with Gasteiger partial charge in [-0.25, -0.2) is 0 Å². The van der Waals surface area contributed by atoms with Gasteiger partial charge in [0.2, 0.25) is 0 Å². The van der Waals surface area contributed by atoms with E-state index in [1.54, 1.807) is 43.4 Å². The molecule has 2 aromatic carbocycles. The first-order chi connectivity index (χ1) is 9.51. The van der Waals surface area contributed by atoms with Crippen LogP contribution in [-0.4, -0.2) is 13.0 Å². The summed E-state index contributed by atoms with van der Waals surface area (Å²) in [4.78, 5) is 13.9. The topological polar surface area (TPSA) is 70.1 Å². The lowest BCUT2D eigenvalue weighted by molar-refractivity contribution is 0.0993. The van der Waals surface area contributed by atoms with E-state index in [9.17, 15) is 4.79 Å². The van der Waals surface area contributed by atoms with Crippen LogP contribution in [0.4, 0.5) is 11.4 Å². The second-order valence-electron chi connectivity index (χ2n) is 4.66. The number of benzene rings is 2. The Labute approximate surface area is 118 Å². The van der Waals surface area contributed by atoms with Crippen molar-refractivity contribution >= 4 is 17.3 Å². The minimum absolute atomic E-state index is 0.134. The van der Waals surface area contributed by atoms with Crippen LogP contribution < -0.4 is 10.6 Å². The van der Waals surface area contributed by atoms with E-state index >= 15 is 0 Å². The second-order valence-corrected chi connectivity index (χ2v) is 4.66. The smallest absolute Gasteiger partial charge is 0.258 e. The van der Waals surface area contributed by atoms with Crippen molar-refractivity contribution in [3.05, 3.63) is 59.2 Å². The standard InChI is InChI=1S/C16H15N3O/c1-11-7-13(9-14(18)8-11)16(20)19(2)15-5-3-12(10-17)4-6-15/h3-9H,18H2,1-2H3. The Morgan fingerprint density at radius 2 is 1.85 bits per heavy atom. The minimum Gasteiger partial charge on any atom is -0.399 e. The summed E-state index contributed by atoms with van der Waals surface area (Å²) >= 11 is 0. The molecule has 0 unspecified atom stereocenters. The Bertz CT molecular complexity index is 664. The number of carbonyl (C=O) groups excluding carboxylic acids is 1. The third-order valence-corrected chi connectivity index (χ3v) is 3.03. The first-order valence-corrected chi connectivity index (χ1v) is 6.16. The van der Waals surface area contributed by atoms with Crippen molar-refractivity contribution in [3.8, 4) is 6.07 Å². The van der Waals surface area contributed by atoms with Crippen LogP contribution >= 0.6 is 0 Å². The number of carbonyl (C=O) groups is 1. The molecule has 0 heterocycles. The monoisotopic (exact) mass is 265 g/mol. The number of amides is 1. The molecule has 0 aliphatic carbocycles. The van der Waals surface area contributed by atoms with E-state index < -0.39 is 0 Å². The maximum Gasteiger partial charge on any atom is 0.258 e. The molecule has 2 rings (SSSR count). The minimum atomic E-state index is -0.134. The van der Waals surface area contributed by atoms with Crippen molar-refractivity contribution in [3.63, 3.8) is 0 Å². The Kier molecular flexibility index (Phi) is 3.72. The van der Waals surface area contributed by atoms with E-state index in [4.69, 9.17) is 11.0 Å². The maximum atomic E-state index is 12.4. The van der Waals surface area contributed by atoms with Crippen molar-refractivity contribution < 1.29 is 4.79 Å². The van der Waals surface area contributed by atoms with Gasteiger partial charge in [0.05, 0.1) is 11.6 Å². The SMILES string of the molecule is Cc1cc(N)cc(C(=O)N(C)c2ccc(C#N)cc2)c1. The van der Waals surface area contributed by atoms with Crippen LogP contribution in [0.25, 0.3) is 0 Å². The van der Waals surface area contributed by atoms with Gasteiger partial charge in [-0.2, -0.15) is 5.26 Å². The van der Waals surface area contributed by atoms with Crippen LogP contribution in [0.1, 0.15) is 21.5 Å². The summed E-state index contributed by atoms with van der Waals surface area (Å²) in [6.07, 6.45) is 0. The lowest BCUT2D eigenvalue weighted by atomic mass is 10.1. The fraction of sp³-hybridized carbons (Fsp3) is 0.125. The molecule has 0 aliphatic heterocycles. The number of nitrogens with zero attached hydrogens (tertiary/aromatic N) is 2. The Balaban J connectivity index is 2.29. The summed E-state index contributed by atoms with van der Waals surface area (Å²) in [7, 11) is 1.70. The predicted octanol–water partition coefficient (Wildman–Crippen LogP) is 2.73. The molecule has 0 fully saturated rings. The summed E-state index contributed by atoms with van der Waals surface area (Å²) in [5.41, 5.74) is 9.13. The number of nitrogens with two attached hydrogens (primary N) is 1. The van der Waals surface area contributed by atoms with Gasteiger partial charge in [-0.1, -0.05) is 0 Å². The van der Waals surface area contributed by atoms with Crippen molar-refractivity contribution in [2.24, 2.45) is 0 Å². The van der Waals surface area contributed by atoms with Gasteiger partial charge < -0.3 is 10.6 Å². The summed E-state index contributed by atoms with van der Waals surface area (Å²) in [6, 6.07) is 14.2. The first kappa shape index (κ1) is 13.6. The zero-order valence-electron chi connectivity index (χ0n) is 11.4. The van der Waals surface area contributed by atoms with Crippen LogP contribution in [0, 0.1) is 18.3 Å². The summed E-state index contributed by atoms with van der Waals surface area (Å²) < 4.78 is 0. The van der Waals surface area contributed by atoms with Crippen LogP contribution in [0.5, 0.6) is 0 Å². The number of nitrogen functional groups attached to an aromatic ring is 1. The zero-order valence-corrected chi connectivity index (χ0v) is 11.4. The third-order valence-electron chi connectivity index (χ3n) is 3.03. The van der Waals surface area contributed by atoms with Gasteiger partial charge in [0.15, 0.2) is 0 Å². The highest BCUT2D eigenvalue weighted by Gasteiger charge is 2.14. The predicted molar refractivity (Wildman–Crippen MR) is 79.5 cm³/mol. The molecule has 1 amide bonds. The van der Waals surface area contributed by atoms with Gasteiger partial charge in [-0.3, -0.25) is 4.79 Å². The van der Waals surface area contributed by atoms with Gasteiger partial charge in [-0.15, -0.1) is 0 Å². The van der Waals surface area contributed by atoms with Crippen LogP contribution in [-0.2, 0) is 0 Å². The number of hydrogen-bond donors (Lipinski definition) is 1. The molecule has 0 aliphatic rings. The van der Waals surface area contributed by atoms with E-state index in [2.05, 4.69) is 0 Å². The molecular weight excluding hydrogens is 250 g/mol. The van der Waals surface area contributed by atoms with Crippen molar-refractivity contribution in [1.82, 2.24) is 0 Å². The number of rotatable bonds is 2. The Hall–Kier alpha value is -2.80. The van der Waals surface area contributed by atoms with Gasteiger partial charge in [0, 0.05) is 24.0 Å². The van der Waals surface area contributed by atoms with Gasteiger partial charge in [0.25, 0.3) is 5.91 Å². The highest BCUT2D eigenvalue weighted by atomic mass is 16.2. The average molecular weight is 265 g/mol. The average Bonchev–Trinajstić information content (AvgIpc) is 2.45. The molecule has 0 aromatic heterocycles. The largest absolute Gasteiger partial charge is 0.399 e. The fourth-order valence-corrected chi connectivity index (χ4v) is 2.01. The molecule has 100 valence electrons. The highest BCUT2D eigenvalue weighted by molar-refractivity contribution is 6.06. The molecule has 4 heteroatoms. The van der Waals surface area contributed by atoms with Gasteiger partial charge in [0.1, 0.15) is 0 Å². The Morgan fingerprint density at radius 3 is 2.40 bits per heavy atom. The maximum absolute atomic E-state index is 12.4. The quantitative estimate of drug-likeness (QED) is 0.849. The van der Waals surface area contributed by atoms with E-state index in [1.807, 2.05) is 19.1 Å². The van der Waals surface area contributed by atoms with Crippen molar-refractivity contribution in [1.29, 1.82) is 5.26 Å². The first-order valence-electron chi connectivity index (χ1n) is 6.16. The van der Waals surface area contributed by atoms with E-state index in [0.717, 1.165) is 11.3 Å². The van der Waals surface area contributed by atoms with Gasteiger partial charge in [-0.05, 0) is 55.0 Å². The summed E-state index contributed by atoms with van der Waals surface area (Å²) in [5, 5.41) is 8.77. The van der Waals surface area contributed by atoms with Crippen LogP contribution in [0.2, 0.25) is 0 Å². The van der Waals surface area contributed by atoms with E-state index in [1.165, 1.54) is 4.90 Å². The lowest BCUT2D eigenvalue weighted by Gasteiger charge is -2.18. The molecule has 0 atom stereocenters. The van der Waals surface area contributed by atoms with Crippen molar-refractivity contribution in [2.45, 2.75) is 6.92 Å². The lowest BCUT2D eigenvalue weighted by Crippen LogP contribution is -2.26. The molecule has 0 saturated carbocycles. The van der Waals surface area contributed by atoms with Crippen LogP contribution in [0.15, 0.2) is 42.5 Å². The fourth-order valence-electron chi connectivity index (χ4n) is 2.01. The molecular formula is C16H15N3O. The third kappa shape index (κ3) is 2.78. The molecule has 4 nitrogen and oxygen atoms in total. The molecule has 20 heavy (non-hydrogen) atoms. The highest BCUT2D eigenvalue weighted by Crippen LogP contribution is 2.18. The summed E-state index contributed by atoms with van der Waals surface area (Å²) in [6.45, 7) is 1.90. The van der Waals surface area contributed by atoms with Gasteiger partial charge >= 0.3 is 0 Å². The molecule has 0 radical (unpaired) electrons. The van der Waals surface area contributed by atoms with E-state index in [0.29, 0.717) is 16.8 Å². The number of hydrogen-bond acceptors (Lipinski definition) is 3. The number of nitriles is 1.